The molecule has 0 spiro atoms. The zero-order chi connectivity index (χ0) is 19.7. The Balaban J connectivity index is 2.32. The molecule has 0 unspecified atom stereocenters. The molecule has 0 saturated carbocycles. The van der Waals surface area contributed by atoms with Gasteiger partial charge in [0.05, 0.1) is 15.6 Å². The fourth-order valence-electron chi connectivity index (χ4n) is 2.53. The number of hydrogen-bond acceptors (Lipinski definition) is 3. The van der Waals surface area contributed by atoms with Gasteiger partial charge < -0.3 is 5.32 Å². The molecule has 140 valence electrons. The van der Waals surface area contributed by atoms with Gasteiger partial charge in [-0.3, -0.25) is 4.79 Å². The van der Waals surface area contributed by atoms with E-state index in [0.717, 1.165) is 11.1 Å². The van der Waals surface area contributed by atoms with Crippen molar-refractivity contribution < 1.29 is 13.2 Å². The lowest BCUT2D eigenvalue weighted by molar-refractivity contribution is 0.102. The van der Waals surface area contributed by atoms with Crippen LogP contribution in [0.5, 0.6) is 0 Å². The molecule has 2 aromatic rings. The third-order valence-electron chi connectivity index (χ3n) is 3.52. The van der Waals surface area contributed by atoms with E-state index in [1.165, 1.54) is 18.2 Å². The zero-order valence-electron chi connectivity index (χ0n) is 15.5. The standard InChI is InChI=1S/C19H23ClN2O3S/c1-12-9-13(2)17(16(20)10-12)21-18(23)14-7-6-8-15(11-14)26(24,25)22-19(3,4)5/h6-11,22H,1-5H3,(H,21,23). The third kappa shape index (κ3) is 5.06. The van der Waals surface area contributed by atoms with E-state index in [9.17, 15) is 13.2 Å². The van der Waals surface area contributed by atoms with E-state index in [2.05, 4.69) is 10.0 Å². The average molecular weight is 395 g/mol. The Morgan fingerprint density at radius 3 is 2.31 bits per heavy atom. The second-order valence-electron chi connectivity index (χ2n) is 7.28. The molecule has 0 saturated heterocycles. The van der Waals surface area contributed by atoms with Crippen LogP contribution in [-0.4, -0.2) is 19.9 Å². The van der Waals surface area contributed by atoms with Crippen LogP contribution < -0.4 is 10.0 Å². The maximum Gasteiger partial charge on any atom is 0.255 e. The lowest BCUT2D eigenvalue weighted by Crippen LogP contribution is -2.40. The van der Waals surface area contributed by atoms with Crippen molar-refractivity contribution in [2.45, 2.75) is 45.1 Å². The van der Waals surface area contributed by atoms with E-state index in [1.54, 1.807) is 32.9 Å². The third-order valence-corrected chi connectivity index (χ3v) is 5.57. The average Bonchev–Trinajstić information content (AvgIpc) is 2.48. The summed E-state index contributed by atoms with van der Waals surface area (Å²) in [6.07, 6.45) is 0. The van der Waals surface area contributed by atoms with Gasteiger partial charge in [0.25, 0.3) is 5.91 Å². The number of sulfonamides is 1. The number of benzene rings is 2. The summed E-state index contributed by atoms with van der Waals surface area (Å²) in [4.78, 5) is 12.6. The largest absolute Gasteiger partial charge is 0.320 e. The van der Waals surface area contributed by atoms with Crippen LogP contribution in [0.2, 0.25) is 5.02 Å². The van der Waals surface area contributed by atoms with Gasteiger partial charge in [0.15, 0.2) is 0 Å². The monoisotopic (exact) mass is 394 g/mol. The van der Waals surface area contributed by atoms with Gasteiger partial charge in [0.2, 0.25) is 10.0 Å². The lowest BCUT2D eigenvalue weighted by Gasteiger charge is -2.20. The summed E-state index contributed by atoms with van der Waals surface area (Å²) >= 11 is 6.22. The first-order valence-corrected chi connectivity index (χ1v) is 9.97. The van der Waals surface area contributed by atoms with Crippen molar-refractivity contribution in [3.05, 3.63) is 58.1 Å². The van der Waals surface area contributed by atoms with Gasteiger partial charge >= 0.3 is 0 Å². The second kappa shape index (κ2) is 7.39. The van der Waals surface area contributed by atoms with Gasteiger partial charge in [-0.05, 0) is 70.0 Å². The molecule has 7 heteroatoms. The normalized spacial score (nSPS) is 12.1. The molecule has 0 atom stereocenters. The van der Waals surface area contributed by atoms with E-state index in [0.29, 0.717) is 10.7 Å². The Morgan fingerprint density at radius 1 is 1.08 bits per heavy atom. The van der Waals surface area contributed by atoms with Crippen molar-refractivity contribution in [2.75, 3.05) is 5.32 Å². The summed E-state index contributed by atoms with van der Waals surface area (Å²) < 4.78 is 27.5. The molecule has 2 aromatic carbocycles. The Labute approximate surface area is 159 Å². The van der Waals surface area contributed by atoms with Gasteiger partial charge in [0, 0.05) is 11.1 Å². The van der Waals surface area contributed by atoms with Crippen LogP contribution in [0.4, 0.5) is 5.69 Å². The number of carbonyl (C=O) groups is 1. The zero-order valence-corrected chi connectivity index (χ0v) is 17.0. The first-order valence-electron chi connectivity index (χ1n) is 8.11. The summed E-state index contributed by atoms with van der Waals surface area (Å²) in [5.41, 5.74) is 1.96. The Morgan fingerprint density at radius 2 is 1.73 bits per heavy atom. The van der Waals surface area contributed by atoms with E-state index in [4.69, 9.17) is 11.6 Å². The van der Waals surface area contributed by atoms with Crippen molar-refractivity contribution in [2.24, 2.45) is 0 Å². The van der Waals surface area contributed by atoms with Crippen molar-refractivity contribution >= 4 is 33.2 Å². The van der Waals surface area contributed by atoms with Gasteiger partial charge in [0.1, 0.15) is 0 Å². The molecule has 0 aliphatic heterocycles. The van der Waals surface area contributed by atoms with Crippen LogP contribution in [0.15, 0.2) is 41.3 Å². The molecule has 2 N–H and O–H groups in total. The quantitative estimate of drug-likeness (QED) is 0.812. The molecule has 5 nitrogen and oxygen atoms in total. The molecule has 1 amide bonds. The predicted molar refractivity (Wildman–Crippen MR) is 105 cm³/mol. The number of nitrogens with one attached hydrogen (secondary N) is 2. The number of hydrogen-bond donors (Lipinski definition) is 2. The van der Waals surface area contributed by atoms with Crippen LogP contribution in [0.1, 0.15) is 42.3 Å². The van der Waals surface area contributed by atoms with Crippen LogP contribution in [-0.2, 0) is 10.0 Å². The highest BCUT2D eigenvalue weighted by Gasteiger charge is 2.23. The van der Waals surface area contributed by atoms with E-state index >= 15 is 0 Å². The minimum Gasteiger partial charge on any atom is -0.320 e. The summed E-state index contributed by atoms with van der Waals surface area (Å²) in [6.45, 7) is 9.03. The maximum absolute atomic E-state index is 12.6. The molecule has 0 heterocycles. The van der Waals surface area contributed by atoms with E-state index in [1.807, 2.05) is 19.9 Å². The van der Waals surface area contributed by atoms with Gasteiger partial charge in [-0.15, -0.1) is 0 Å². The van der Waals surface area contributed by atoms with E-state index < -0.39 is 21.5 Å². The number of halogens is 1. The molecule has 26 heavy (non-hydrogen) atoms. The molecule has 0 aromatic heterocycles. The first kappa shape index (κ1) is 20.4. The highest BCUT2D eigenvalue weighted by Crippen LogP contribution is 2.28. The molecular weight excluding hydrogens is 372 g/mol. The smallest absolute Gasteiger partial charge is 0.255 e. The summed E-state index contributed by atoms with van der Waals surface area (Å²) in [5, 5.41) is 3.20. The van der Waals surface area contributed by atoms with Crippen molar-refractivity contribution in [3.8, 4) is 0 Å². The van der Waals surface area contributed by atoms with Gasteiger partial charge in [-0.1, -0.05) is 23.7 Å². The molecule has 0 aliphatic rings. The minimum atomic E-state index is -3.72. The second-order valence-corrected chi connectivity index (χ2v) is 9.37. The highest BCUT2D eigenvalue weighted by molar-refractivity contribution is 7.89. The van der Waals surface area contributed by atoms with Crippen molar-refractivity contribution in [1.29, 1.82) is 0 Å². The van der Waals surface area contributed by atoms with E-state index in [-0.39, 0.29) is 10.5 Å². The fraction of sp³-hybridized carbons (Fsp3) is 0.316. The predicted octanol–water partition coefficient (Wildman–Crippen LogP) is 4.29. The number of anilines is 1. The SMILES string of the molecule is Cc1cc(C)c(NC(=O)c2cccc(S(=O)(=O)NC(C)(C)C)c2)c(Cl)c1. The summed E-state index contributed by atoms with van der Waals surface area (Å²) in [7, 11) is -3.72. The van der Waals surface area contributed by atoms with Crippen LogP contribution >= 0.6 is 11.6 Å². The minimum absolute atomic E-state index is 0.0341. The summed E-state index contributed by atoms with van der Waals surface area (Å²) in [5.74, 6) is -0.424. The van der Waals surface area contributed by atoms with Crippen LogP contribution in [0, 0.1) is 13.8 Å². The molecule has 0 radical (unpaired) electrons. The molecule has 0 aliphatic carbocycles. The maximum atomic E-state index is 12.6. The lowest BCUT2D eigenvalue weighted by atomic mass is 10.1. The Hall–Kier alpha value is -1.89. The summed E-state index contributed by atoms with van der Waals surface area (Å²) in [6, 6.07) is 9.57. The van der Waals surface area contributed by atoms with Gasteiger partial charge in [-0.2, -0.15) is 0 Å². The topological polar surface area (TPSA) is 75.3 Å². The van der Waals surface area contributed by atoms with Crippen LogP contribution in [0.3, 0.4) is 0 Å². The van der Waals surface area contributed by atoms with Crippen molar-refractivity contribution in [3.63, 3.8) is 0 Å². The van der Waals surface area contributed by atoms with Gasteiger partial charge in [-0.25, -0.2) is 13.1 Å². The van der Waals surface area contributed by atoms with Crippen molar-refractivity contribution in [1.82, 2.24) is 4.72 Å². The molecule has 0 bridgehead atoms. The number of carbonyl (C=O) groups excluding carboxylic acids is 1. The fourth-order valence-corrected chi connectivity index (χ4v) is 4.36. The number of rotatable bonds is 4. The first-order chi connectivity index (χ1) is 11.9. The Kier molecular flexibility index (Phi) is 5.80. The molecule has 0 fully saturated rings. The molecule has 2 rings (SSSR count). The number of amides is 1. The molecular formula is C19H23ClN2O3S. The van der Waals surface area contributed by atoms with Crippen LogP contribution in [0.25, 0.3) is 0 Å². The highest BCUT2D eigenvalue weighted by atomic mass is 35.5. The number of aryl methyl sites for hydroxylation is 2. The Bertz CT molecular complexity index is 924.